The molecule has 2 aromatic heterocycles. The molecule has 0 bridgehead atoms. The topological polar surface area (TPSA) is 79.8 Å². The molecule has 8 heteroatoms. The van der Waals surface area contributed by atoms with Crippen molar-refractivity contribution in [2.24, 2.45) is 5.92 Å². The molecule has 0 amide bonds. The largest absolute Gasteiger partial charge is 0.347 e. The second-order valence-corrected chi connectivity index (χ2v) is 10.0. The minimum absolute atomic E-state index is 0.289. The summed E-state index contributed by atoms with van der Waals surface area (Å²) in [4.78, 5) is 0. The Morgan fingerprint density at radius 3 is 2.68 bits per heavy atom. The average Bonchev–Trinajstić information content (AvgIpc) is 3.25. The summed E-state index contributed by atoms with van der Waals surface area (Å²) in [5, 5.41) is 7.16. The van der Waals surface area contributed by atoms with Gasteiger partial charge in [0.2, 0.25) is 10.0 Å². The molecule has 1 fully saturated rings. The van der Waals surface area contributed by atoms with Crippen molar-refractivity contribution in [3.63, 3.8) is 0 Å². The maximum Gasteiger partial charge on any atom is 0.215 e. The third kappa shape index (κ3) is 3.58. The number of hydrogen-bond acceptors (Lipinski definition) is 3. The van der Waals surface area contributed by atoms with Gasteiger partial charge in [-0.1, -0.05) is 13.8 Å². The molecule has 1 unspecified atom stereocenters. The molecule has 0 aliphatic heterocycles. The van der Waals surface area contributed by atoms with Gasteiger partial charge in [0.15, 0.2) is 0 Å². The first kappa shape index (κ1) is 19.1. The fourth-order valence-corrected chi connectivity index (χ4v) is 5.19. The Morgan fingerprint density at radius 1 is 1.32 bits per heavy atom. The number of fused-ring (bicyclic) bond motifs is 1. The van der Waals surface area contributed by atoms with Gasteiger partial charge in [0, 0.05) is 41.4 Å². The number of halogens is 1. The molecule has 3 aromatic rings. The molecule has 1 aliphatic carbocycles. The van der Waals surface area contributed by atoms with Crippen LogP contribution in [0.4, 0.5) is 4.39 Å². The van der Waals surface area contributed by atoms with Crippen molar-refractivity contribution in [3.05, 3.63) is 42.0 Å². The molecular formula is C20H25FN4O2S. The van der Waals surface area contributed by atoms with Gasteiger partial charge in [-0.15, -0.1) is 0 Å². The maximum atomic E-state index is 14.9. The smallest absolute Gasteiger partial charge is 0.215 e. The lowest BCUT2D eigenvalue weighted by atomic mass is 10.0. The molecule has 0 radical (unpaired) electrons. The molecule has 0 spiro atoms. The molecule has 1 atom stereocenters. The molecule has 0 saturated heterocycles. The summed E-state index contributed by atoms with van der Waals surface area (Å²) < 4.78 is 44.5. The van der Waals surface area contributed by atoms with E-state index in [2.05, 4.69) is 33.3 Å². The first-order valence-corrected chi connectivity index (χ1v) is 11.1. The molecule has 1 aliphatic rings. The Bertz CT molecular complexity index is 1100. The van der Waals surface area contributed by atoms with Crippen molar-refractivity contribution in [2.45, 2.75) is 51.4 Å². The number of aromatic nitrogens is 3. The first-order chi connectivity index (χ1) is 13.3. The van der Waals surface area contributed by atoms with Crippen LogP contribution < -0.4 is 4.72 Å². The van der Waals surface area contributed by atoms with Crippen LogP contribution in [0.5, 0.6) is 0 Å². The van der Waals surface area contributed by atoms with Gasteiger partial charge >= 0.3 is 0 Å². The van der Waals surface area contributed by atoms with E-state index in [4.69, 9.17) is 0 Å². The molecule has 1 saturated carbocycles. The zero-order chi connectivity index (χ0) is 20.1. The van der Waals surface area contributed by atoms with Crippen LogP contribution in [-0.2, 0) is 16.6 Å². The fourth-order valence-electron chi connectivity index (χ4n) is 3.62. The highest BCUT2D eigenvalue weighted by Gasteiger charge is 2.37. The second kappa shape index (κ2) is 7.00. The van der Waals surface area contributed by atoms with E-state index < -0.39 is 16.1 Å². The SMILES string of the molecule is CC(C)Cn1cc(C(C)NS(=O)(=O)C2CC2)c2cc(F)c(-c3ccn[nH]3)cc21. The van der Waals surface area contributed by atoms with E-state index >= 15 is 0 Å². The number of aromatic amines is 1. The number of nitrogens with one attached hydrogen (secondary N) is 2. The highest BCUT2D eigenvalue weighted by molar-refractivity contribution is 7.90. The molecule has 2 heterocycles. The number of rotatable bonds is 7. The summed E-state index contributed by atoms with van der Waals surface area (Å²) in [6.45, 7) is 6.80. The highest BCUT2D eigenvalue weighted by atomic mass is 32.2. The van der Waals surface area contributed by atoms with Crippen LogP contribution in [0.3, 0.4) is 0 Å². The van der Waals surface area contributed by atoms with Gasteiger partial charge in [-0.2, -0.15) is 5.10 Å². The Morgan fingerprint density at radius 2 is 2.07 bits per heavy atom. The van der Waals surface area contributed by atoms with Gasteiger partial charge in [0.25, 0.3) is 0 Å². The van der Waals surface area contributed by atoms with Gasteiger partial charge in [-0.3, -0.25) is 5.10 Å². The highest BCUT2D eigenvalue weighted by Crippen LogP contribution is 2.34. The molecule has 2 N–H and O–H groups in total. The minimum Gasteiger partial charge on any atom is -0.347 e. The van der Waals surface area contributed by atoms with Gasteiger partial charge in [0.1, 0.15) is 5.82 Å². The second-order valence-electron chi connectivity index (χ2n) is 8.03. The monoisotopic (exact) mass is 404 g/mol. The van der Waals surface area contributed by atoms with Crippen molar-refractivity contribution in [3.8, 4) is 11.3 Å². The summed E-state index contributed by atoms with van der Waals surface area (Å²) >= 11 is 0. The van der Waals surface area contributed by atoms with Crippen molar-refractivity contribution in [1.82, 2.24) is 19.5 Å². The van der Waals surface area contributed by atoms with Crippen LogP contribution >= 0.6 is 0 Å². The quantitative estimate of drug-likeness (QED) is 0.625. The summed E-state index contributed by atoms with van der Waals surface area (Å²) in [5.41, 5.74) is 2.73. The molecule has 1 aromatic carbocycles. The normalized spacial score (nSPS) is 16.2. The maximum absolute atomic E-state index is 14.9. The predicted octanol–water partition coefficient (Wildman–Crippen LogP) is 3.97. The van der Waals surface area contributed by atoms with Crippen LogP contribution in [0, 0.1) is 11.7 Å². The van der Waals surface area contributed by atoms with E-state index in [1.54, 1.807) is 12.3 Å². The number of nitrogens with zero attached hydrogens (tertiary/aromatic N) is 2. The number of benzene rings is 1. The van der Waals surface area contributed by atoms with E-state index in [0.29, 0.717) is 30.0 Å². The Hall–Kier alpha value is -2.19. The van der Waals surface area contributed by atoms with Gasteiger partial charge in [-0.25, -0.2) is 17.5 Å². The van der Waals surface area contributed by atoms with E-state index in [1.165, 1.54) is 6.07 Å². The minimum atomic E-state index is -3.34. The Kier molecular flexibility index (Phi) is 4.79. The molecule has 150 valence electrons. The lowest BCUT2D eigenvalue weighted by molar-refractivity contribution is 0.532. The van der Waals surface area contributed by atoms with Gasteiger partial charge < -0.3 is 4.57 Å². The van der Waals surface area contributed by atoms with Gasteiger partial charge in [0.05, 0.1) is 10.9 Å². The first-order valence-electron chi connectivity index (χ1n) is 9.59. The number of hydrogen-bond donors (Lipinski definition) is 2. The fraction of sp³-hybridized carbons (Fsp3) is 0.450. The van der Waals surface area contributed by atoms with Crippen molar-refractivity contribution in [1.29, 1.82) is 0 Å². The number of H-pyrrole nitrogens is 1. The molecule has 28 heavy (non-hydrogen) atoms. The average molecular weight is 405 g/mol. The van der Waals surface area contributed by atoms with Crippen molar-refractivity contribution < 1.29 is 12.8 Å². The van der Waals surface area contributed by atoms with Crippen molar-refractivity contribution >= 4 is 20.9 Å². The van der Waals surface area contributed by atoms with Crippen LogP contribution in [0.1, 0.15) is 45.2 Å². The lowest BCUT2D eigenvalue weighted by Gasteiger charge is -2.13. The summed E-state index contributed by atoms with van der Waals surface area (Å²) in [5.74, 6) is 0.0279. The van der Waals surface area contributed by atoms with Crippen LogP contribution in [0.2, 0.25) is 0 Å². The standard InChI is InChI=1S/C20H25FN4O2S/c1-12(2)10-25-11-17(13(3)24-28(26,27)14-4-5-14)15-8-18(21)16(9-20(15)25)19-6-7-22-23-19/h6-9,11-14,24H,4-5,10H2,1-3H3,(H,22,23). The zero-order valence-electron chi connectivity index (χ0n) is 16.2. The van der Waals surface area contributed by atoms with Crippen LogP contribution in [0.25, 0.3) is 22.2 Å². The van der Waals surface area contributed by atoms with Crippen molar-refractivity contribution in [2.75, 3.05) is 0 Å². The Labute approximate surface area is 164 Å². The summed E-state index contributed by atoms with van der Waals surface area (Å²) in [6, 6.07) is 4.61. The Balaban J connectivity index is 1.81. The van der Waals surface area contributed by atoms with E-state index in [0.717, 1.165) is 23.0 Å². The van der Waals surface area contributed by atoms with E-state index in [9.17, 15) is 12.8 Å². The van der Waals surface area contributed by atoms with Crippen LogP contribution in [-0.4, -0.2) is 28.4 Å². The third-order valence-corrected chi connectivity index (χ3v) is 7.16. The lowest BCUT2D eigenvalue weighted by Crippen LogP contribution is -2.29. The summed E-state index contributed by atoms with van der Waals surface area (Å²) in [6.07, 6.45) is 4.95. The molecule has 4 rings (SSSR count). The predicted molar refractivity (Wildman–Crippen MR) is 108 cm³/mol. The van der Waals surface area contributed by atoms with E-state index in [1.807, 2.05) is 19.2 Å². The van der Waals surface area contributed by atoms with Crippen LogP contribution in [0.15, 0.2) is 30.6 Å². The number of sulfonamides is 1. The van der Waals surface area contributed by atoms with Gasteiger partial charge in [-0.05, 0) is 49.4 Å². The summed E-state index contributed by atoms with van der Waals surface area (Å²) in [7, 11) is -3.34. The zero-order valence-corrected chi connectivity index (χ0v) is 17.1. The molecular weight excluding hydrogens is 379 g/mol. The third-order valence-electron chi connectivity index (χ3n) is 5.12. The van der Waals surface area contributed by atoms with E-state index in [-0.39, 0.29) is 11.1 Å². The molecule has 6 nitrogen and oxygen atoms in total.